The fourth-order valence-corrected chi connectivity index (χ4v) is 3.54. The van der Waals surface area contributed by atoms with Crippen LogP contribution in [0.1, 0.15) is 17.3 Å². The van der Waals surface area contributed by atoms with E-state index in [0.717, 1.165) is 27.5 Å². The zero-order valence-corrected chi connectivity index (χ0v) is 14.7. The molecule has 130 valence electrons. The summed E-state index contributed by atoms with van der Waals surface area (Å²) < 4.78 is 1.72. The molecular formula is C19H15ClN4O2. The van der Waals surface area contributed by atoms with Crippen LogP contribution in [0.25, 0.3) is 32.9 Å². The number of hydrogen-bond donors (Lipinski definition) is 2. The molecule has 2 aromatic carbocycles. The first-order chi connectivity index (χ1) is 12.5. The van der Waals surface area contributed by atoms with E-state index < -0.39 is 5.91 Å². The molecule has 0 aliphatic heterocycles. The van der Waals surface area contributed by atoms with E-state index in [1.54, 1.807) is 29.0 Å². The van der Waals surface area contributed by atoms with Crippen LogP contribution >= 0.6 is 11.6 Å². The summed E-state index contributed by atoms with van der Waals surface area (Å²) >= 11 is 6.17. The third-order valence-electron chi connectivity index (χ3n) is 4.56. The van der Waals surface area contributed by atoms with Crippen molar-refractivity contribution < 1.29 is 4.79 Å². The quantitative estimate of drug-likeness (QED) is 0.582. The Labute approximate surface area is 153 Å². The molecule has 0 unspecified atom stereocenters. The Kier molecular flexibility index (Phi) is 3.77. The van der Waals surface area contributed by atoms with Gasteiger partial charge < -0.3 is 10.3 Å². The highest BCUT2D eigenvalue weighted by Crippen LogP contribution is 2.29. The molecule has 0 saturated heterocycles. The minimum atomic E-state index is -0.568. The highest BCUT2D eigenvalue weighted by atomic mass is 35.5. The largest absolute Gasteiger partial charge is 0.366 e. The van der Waals surface area contributed by atoms with Crippen molar-refractivity contribution in [2.24, 2.45) is 5.73 Å². The maximum atomic E-state index is 12.7. The standard InChI is InChI=1S/C19H15ClN4O2/c1-2-24-16-8-11(10-3-5-12(18(21)25)15(20)7-10)4-6-13(16)17-14(19(24)26)9-22-23-17/h3-9H,2H2,1H3,(H2,21,25)(H,22,23). The molecule has 6 nitrogen and oxygen atoms in total. The zero-order valence-electron chi connectivity index (χ0n) is 13.9. The Bertz CT molecular complexity index is 1240. The number of carbonyl (C=O) groups excluding carboxylic acids is 1. The van der Waals surface area contributed by atoms with Gasteiger partial charge in [-0.25, -0.2) is 0 Å². The maximum absolute atomic E-state index is 12.7. The van der Waals surface area contributed by atoms with Crippen molar-refractivity contribution in [2.75, 3.05) is 0 Å². The minimum Gasteiger partial charge on any atom is -0.366 e. The molecule has 0 atom stereocenters. The molecule has 2 heterocycles. The summed E-state index contributed by atoms with van der Waals surface area (Å²) in [5.41, 5.74) is 8.75. The van der Waals surface area contributed by atoms with Gasteiger partial charge in [-0.3, -0.25) is 14.7 Å². The van der Waals surface area contributed by atoms with E-state index in [-0.39, 0.29) is 11.1 Å². The predicted octanol–water partition coefficient (Wildman–Crippen LogP) is 3.32. The molecule has 4 rings (SSSR count). The van der Waals surface area contributed by atoms with Gasteiger partial charge in [-0.1, -0.05) is 29.8 Å². The number of carbonyl (C=O) groups is 1. The van der Waals surface area contributed by atoms with Crippen LogP contribution in [0.4, 0.5) is 0 Å². The summed E-state index contributed by atoms with van der Waals surface area (Å²) in [5, 5.41) is 8.70. The lowest BCUT2D eigenvalue weighted by atomic mass is 10.0. The van der Waals surface area contributed by atoms with E-state index in [9.17, 15) is 9.59 Å². The van der Waals surface area contributed by atoms with Crippen LogP contribution in [0.5, 0.6) is 0 Å². The van der Waals surface area contributed by atoms with E-state index in [1.165, 1.54) is 0 Å². The number of aromatic amines is 1. The Morgan fingerprint density at radius 2 is 1.92 bits per heavy atom. The molecule has 0 aliphatic carbocycles. The number of nitrogens with two attached hydrogens (primary N) is 1. The van der Waals surface area contributed by atoms with Gasteiger partial charge in [0.25, 0.3) is 5.56 Å². The first kappa shape index (κ1) is 16.4. The third kappa shape index (κ3) is 2.38. The molecule has 1 amide bonds. The van der Waals surface area contributed by atoms with E-state index in [4.69, 9.17) is 17.3 Å². The number of fused-ring (bicyclic) bond motifs is 3. The van der Waals surface area contributed by atoms with Gasteiger partial charge in [-0.15, -0.1) is 0 Å². The number of H-pyrrole nitrogens is 1. The normalized spacial score (nSPS) is 11.3. The van der Waals surface area contributed by atoms with E-state index in [1.807, 2.05) is 25.1 Å². The molecule has 3 N–H and O–H groups in total. The highest BCUT2D eigenvalue weighted by molar-refractivity contribution is 6.34. The van der Waals surface area contributed by atoms with Gasteiger partial charge >= 0.3 is 0 Å². The number of nitrogens with one attached hydrogen (secondary N) is 1. The van der Waals surface area contributed by atoms with Gasteiger partial charge in [-0.05, 0) is 36.2 Å². The summed E-state index contributed by atoms with van der Waals surface area (Å²) in [7, 11) is 0. The van der Waals surface area contributed by atoms with Crippen LogP contribution in [0.3, 0.4) is 0 Å². The Morgan fingerprint density at radius 3 is 2.62 bits per heavy atom. The molecule has 0 fully saturated rings. The zero-order chi connectivity index (χ0) is 18.4. The summed E-state index contributed by atoms with van der Waals surface area (Å²) in [6.45, 7) is 2.47. The van der Waals surface area contributed by atoms with Gasteiger partial charge in [-0.2, -0.15) is 5.10 Å². The average molecular weight is 367 g/mol. The Hall–Kier alpha value is -3.12. The lowest BCUT2D eigenvalue weighted by Gasteiger charge is -2.11. The van der Waals surface area contributed by atoms with E-state index in [2.05, 4.69) is 10.2 Å². The highest BCUT2D eigenvalue weighted by Gasteiger charge is 2.13. The van der Waals surface area contributed by atoms with Crippen LogP contribution in [-0.4, -0.2) is 20.7 Å². The number of pyridine rings is 1. The summed E-state index contributed by atoms with van der Waals surface area (Å²) in [6.07, 6.45) is 1.56. The second kappa shape index (κ2) is 6.00. The molecule has 0 saturated carbocycles. The number of amides is 1. The third-order valence-corrected chi connectivity index (χ3v) is 4.87. The van der Waals surface area contributed by atoms with Crippen LogP contribution in [0.15, 0.2) is 47.4 Å². The molecule has 4 aromatic rings. The number of rotatable bonds is 3. The monoisotopic (exact) mass is 366 g/mol. The first-order valence-corrected chi connectivity index (χ1v) is 8.48. The molecule has 26 heavy (non-hydrogen) atoms. The number of hydrogen-bond acceptors (Lipinski definition) is 3. The van der Waals surface area contributed by atoms with E-state index in [0.29, 0.717) is 17.0 Å². The average Bonchev–Trinajstić information content (AvgIpc) is 3.11. The molecule has 2 aromatic heterocycles. The van der Waals surface area contributed by atoms with Gasteiger partial charge in [0, 0.05) is 11.9 Å². The smallest absolute Gasteiger partial charge is 0.262 e. The molecule has 0 radical (unpaired) electrons. The SMILES string of the molecule is CCn1c(=O)c2cn[nH]c2c2ccc(-c3ccc(C(N)=O)c(Cl)c3)cc21. The second-order valence-corrected chi connectivity index (χ2v) is 6.41. The number of aryl methyl sites for hydroxylation is 1. The first-order valence-electron chi connectivity index (χ1n) is 8.10. The van der Waals surface area contributed by atoms with Crippen LogP contribution in [-0.2, 0) is 6.54 Å². The Morgan fingerprint density at radius 1 is 1.19 bits per heavy atom. The van der Waals surface area contributed by atoms with Crippen LogP contribution in [0, 0.1) is 0 Å². The fourth-order valence-electron chi connectivity index (χ4n) is 3.26. The van der Waals surface area contributed by atoms with Crippen LogP contribution < -0.4 is 11.3 Å². The van der Waals surface area contributed by atoms with E-state index >= 15 is 0 Å². The molecule has 0 spiro atoms. The molecule has 0 aliphatic rings. The van der Waals surface area contributed by atoms with Crippen molar-refractivity contribution in [1.82, 2.24) is 14.8 Å². The number of aromatic nitrogens is 3. The molecule has 7 heteroatoms. The van der Waals surface area contributed by atoms with Gasteiger partial charge in [0.1, 0.15) is 0 Å². The van der Waals surface area contributed by atoms with Gasteiger partial charge in [0.2, 0.25) is 5.91 Å². The maximum Gasteiger partial charge on any atom is 0.262 e. The number of nitrogens with zero attached hydrogens (tertiary/aromatic N) is 2. The van der Waals surface area contributed by atoms with Crippen molar-refractivity contribution in [3.63, 3.8) is 0 Å². The van der Waals surface area contributed by atoms with Crippen molar-refractivity contribution in [3.8, 4) is 11.1 Å². The topological polar surface area (TPSA) is 93.8 Å². The Balaban J connectivity index is 1.99. The molecular weight excluding hydrogens is 352 g/mol. The lowest BCUT2D eigenvalue weighted by Crippen LogP contribution is -2.19. The van der Waals surface area contributed by atoms with Gasteiger partial charge in [0.15, 0.2) is 0 Å². The predicted molar refractivity (Wildman–Crippen MR) is 102 cm³/mol. The fraction of sp³-hybridized carbons (Fsp3) is 0.105. The number of primary amides is 1. The van der Waals surface area contributed by atoms with Crippen molar-refractivity contribution in [3.05, 3.63) is 63.5 Å². The van der Waals surface area contributed by atoms with Crippen LogP contribution in [0.2, 0.25) is 5.02 Å². The summed E-state index contributed by atoms with van der Waals surface area (Å²) in [6, 6.07) is 10.9. The summed E-state index contributed by atoms with van der Waals surface area (Å²) in [5.74, 6) is -0.568. The van der Waals surface area contributed by atoms with Crippen molar-refractivity contribution in [2.45, 2.75) is 13.5 Å². The van der Waals surface area contributed by atoms with Crippen molar-refractivity contribution >= 4 is 39.3 Å². The van der Waals surface area contributed by atoms with Gasteiger partial charge in [0.05, 0.1) is 33.2 Å². The summed E-state index contributed by atoms with van der Waals surface area (Å²) in [4.78, 5) is 24.0. The minimum absolute atomic E-state index is 0.0805. The number of halogens is 1. The molecule has 0 bridgehead atoms. The van der Waals surface area contributed by atoms with Crippen molar-refractivity contribution in [1.29, 1.82) is 0 Å². The lowest BCUT2D eigenvalue weighted by molar-refractivity contribution is 0.100. The second-order valence-electron chi connectivity index (χ2n) is 6.00. The number of benzene rings is 2.